The van der Waals surface area contributed by atoms with Crippen LogP contribution in [0.4, 0.5) is 0 Å². The minimum Gasteiger partial charge on any atom is -0.481 e. The van der Waals surface area contributed by atoms with Crippen LogP contribution in [0.5, 0.6) is 0 Å². The number of carboxylic acids is 2. The zero-order chi connectivity index (χ0) is 15.6. The Labute approximate surface area is 121 Å². The summed E-state index contributed by atoms with van der Waals surface area (Å²) in [4.78, 5) is 35.4. The number of rotatable bonds is 4. The molecule has 2 atom stereocenters. The second kappa shape index (κ2) is 5.92. The van der Waals surface area contributed by atoms with Crippen LogP contribution < -0.4 is 5.73 Å². The maximum Gasteiger partial charge on any atom is 0.326 e. The average Bonchev–Trinajstić information content (AvgIpc) is 2.44. The Morgan fingerprint density at radius 3 is 2.43 bits per heavy atom. The van der Waals surface area contributed by atoms with Gasteiger partial charge in [0.15, 0.2) is 0 Å². The third-order valence-corrected chi connectivity index (χ3v) is 3.53. The third kappa shape index (κ3) is 3.19. The molecule has 1 aromatic carbocycles. The third-order valence-electron chi connectivity index (χ3n) is 3.53. The second-order valence-electron chi connectivity index (χ2n) is 5.00. The summed E-state index contributed by atoms with van der Waals surface area (Å²) >= 11 is 0. The Bertz CT molecular complexity index is 586. The van der Waals surface area contributed by atoms with Crippen LogP contribution in [0.2, 0.25) is 0 Å². The van der Waals surface area contributed by atoms with Gasteiger partial charge in [0.25, 0.3) is 0 Å². The van der Waals surface area contributed by atoms with Gasteiger partial charge in [0.05, 0.1) is 12.5 Å². The molecule has 7 nitrogen and oxygen atoms in total. The van der Waals surface area contributed by atoms with Crippen LogP contribution in [0.1, 0.15) is 17.5 Å². The van der Waals surface area contributed by atoms with Gasteiger partial charge in [-0.15, -0.1) is 0 Å². The fourth-order valence-corrected chi connectivity index (χ4v) is 2.46. The molecule has 4 N–H and O–H groups in total. The van der Waals surface area contributed by atoms with Crippen molar-refractivity contribution < 1.29 is 24.6 Å². The highest BCUT2D eigenvalue weighted by Gasteiger charge is 2.36. The van der Waals surface area contributed by atoms with Crippen molar-refractivity contribution in [1.29, 1.82) is 0 Å². The molecule has 1 unspecified atom stereocenters. The molecule has 0 saturated carbocycles. The monoisotopic (exact) mass is 292 g/mol. The first-order valence-electron chi connectivity index (χ1n) is 6.47. The number of nitrogens with two attached hydrogens (primary N) is 1. The first-order valence-corrected chi connectivity index (χ1v) is 6.47. The standard InChI is InChI=1S/C14H16N2O5/c15-10(6-12(17)18)13(19)16-7-9-4-2-1-3-8(9)5-11(16)14(20)21/h1-4,10-11H,5-7,15H2,(H,17,18)(H,20,21)/t10?,11-/m0/s1. The molecule has 0 radical (unpaired) electrons. The second-order valence-corrected chi connectivity index (χ2v) is 5.00. The topological polar surface area (TPSA) is 121 Å². The lowest BCUT2D eigenvalue weighted by molar-refractivity contribution is -0.152. The number of benzene rings is 1. The summed E-state index contributed by atoms with van der Waals surface area (Å²) in [5.74, 6) is -2.97. The Hall–Kier alpha value is -2.41. The lowest BCUT2D eigenvalue weighted by Gasteiger charge is -2.35. The highest BCUT2D eigenvalue weighted by molar-refractivity contribution is 5.90. The fraction of sp³-hybridized carbons (Fsp3) is 0.357. The molecular formula is C14H16N2O5. The zero-order valence-electron chi connectivity index (χ0n) is 11.2. The molecule has 2 rings (SSSR count). The van der Waals surface area contributed by atoms with E-state index in [1.54, 1.807) is 6.07 Å². The minimum absolute atomic E-state index is 0.124. The van der Waals surface area contributed by atoms with Crippen LogP contribution in [0, 0.1) is 0 Å². The summed E-state index contributed by atoms with van der Waals surface area (Å²) in [6, 6.07) is 4.99. The molecule has 21 heavy (non-hydrogen) atoms. The fourth-order valence-electron chi connectivity index (χ4n) is 2.46. The van der Waals surface area contributed by atoms with Gasteiger partial charge < -0.3 is 20.8 Å². The van der Waals surface area contributed by atoms with Crippen LogP contribution in [-0.4, -0.2) is 45.0 Å². The van der Waals surface area contributed by atoms with Crippen molar-refractivity contribution in [2.75, 3.05) is 0 Å². The highest BCUT2D eigenvalue weighted by Crippen LogP contribution is 2.24. The maximum atomic E-state index is 12.2. The first-order chi connectivity index (χ1) is 9.90. The van der Waals surface area contributed by atoms with Gasteiger partial charge in [-0.3, -0.25) is 9.59 Å². The van der Waals surface area contributed by atoms with E-state index in [1.165, 1.54) is 0 Å². The van der Waals surface area contributed by atoms with Crippen molar-refractivity contribution in [1.82, 2.24) is 4.90 Å². The molecule has 1 aliphatic rings. The van der Waals surface area contributed by atoms with Crippen molar-refractivity contribution in [2.45, 2.75) is 31.5 Å². The largest absolute Gasteiger partial charge is 0.481 e. The van der Waals surface area contributed by atoms with Gasteiger partial charge >= 0.3 is 11.9 Å². The van der Waals surface area contributed by atoms with E-state index in [0.717, 1.165) is 16.0 Å². The molecule has 0 fully saturated rings. The molecular weight excluding hydrogens is 276 g/mol. The SMILES string of the molecule is NC(CC(=O)O)C(=O)N1Cc2ccccc2C[C@H]1C(=O)O. The number of aliphatic carboxylic acids is 2. The van der Waals surface area contributed by atoms with Crippen molar-refractivity contribution >= 4 is 17.8 Å². The predicted octanol–water partition coefficient (Wildman–Crippen LogP) is -0.174. The lowest BCUT2D eigenvalue weighted by Crippen LogP contribution is -2.54. The first kappa shape index (κ1) is 15.0. The van der Waals surface area contributed by atoms with Gasteiger partial charge in [-0.2, -0.15) is 0 Å². The van der Waals surface area contributed by atoms with Crippen LogP contribution in [0.15, 0.2) is 24.3 Å². The lowest BCUT2D eigenvalue weighted by atomic mass is 9.93. The normalized spacial score (nSPS) is 18.7. The van der Waals surface area contributed by atoms with E-state index in [1.807, 2.05) is 18.2 Å². The summed E-state index contributed by atoms with van der Waals surface area (Å²) in [5, 5.41) is 18.0. The van der Waals surface area contributed by atoms with Gasteiger partial charge in [0.1, 0.15) is 6.04 Å². The number of carbonyl (C=O) groups excluding carboxylic acids is 1. The molecule has 0 aliphatic carbocycles. The van der Waals surface area contributed by atoms with E-state index in [-0.39, 0.29) is 13.0 Å². The molecule has 0 bridgehead atoms. The summed E-state index contributed by atoms with van der Waals surface area (Å²) in [6.45, 7) is 0.124. The molecule has 7 heteroatoms. The molecule has 0 saturated heterocycles. The number of carbonyl (C=O) groups is 3. The van der Waals surface area contributed by atoms with Crippen molar-refractivity contribution in [3.8, 4) is 0 Å². The van der Waals surface area contributed by atoms with E-state index in [0.29, 0.717) is 0 Å². The van der Waals surface area contributed by atoms with Crippen molar-refractivity contribution in [2.24, 2.45) is 5.73 Å². The summed E-state index contributed by atoms with van der Waals surface area (Å²) in [7, 11) is 0. The molecule has 1 amide bonds. The maximum absolute atomic E-state index is 12.2. The Morgan fingerprint density at radius 2 is 1.86 bits per heavy atom. The van der Waals surface area contributed by atoms with E-state index >= 15 is 0 Å². The van der Waals surface area contributed by atoms with E-state index in [4.69, 9.17) is 10.8 Å². The Balaban J connectivity index is 2.26. The summed E-state index contributed by atoms with van der Waals surface area (Å²) < 4.78 is 0. The molecule has 0 aromatic heterocycles. The van der Waals surface area contributed by atoms with Gasteiger partial charge in [0, 0.05) is 13.0 Å². The number of hydrogen-bond donors (Lipinski definition) is 3. The highest BCUT2D eigenvalue weighted by atomic mass is 16.4. The molecule has 1 aliphatic heterocycles. The van der Waals surface area contributed by atoms with Crippen LogP contribution >= 0.6 is 0 Å². The molecule has 112 valence electrons. The van der Waals surface area contributed by atoms with Crippen LogP contribution in [-0.2, 0) is 27.3 Å². The van der Waals surface area contributed by atoms with Gasteiger partial charge in [-0.05, 0) is 11.1 Å². The smallest absolute Gasteiger partial charge is 0.326 e. The average molecular weight is 292 g/mol. The van der Waals surface area contributed by atoms with Gasteiger partial charge in [-0.1, -0.05) is 24.3 Å². The van der Waals surface area contributed by atoms with Crippen LogP contribution in [0.25, 0.3) is 0 Å². The summed E-state index contributed by atoms with van der Waals surface area (Å²) in [6.07, 6.45) is -0.333. The Kier molecular flexibility index (Phi) is 4.23. The predicted molar refractivity (Wildman–Crippen MR) is 72.3 cm³/mol. The number of carboxylic acid groups (broad SMARTS) is 2. The van der Waals surface area contributed by atoms with E-state index in [2.05, 4.69) is 0 Å². The Morgan fingerprint density at radius 1 is 1.24 bits per heavy atom. The molecule has 1 aromatic rings. The minimum atomic E-state index is -1.24. The quantitative estimate of drug-likeness (QED) is 0.708. The van der Waals surface area contributed by atoms with Crippen LogP contribution in [0.3, 0.4) is 0 Å². The zero-order valence-corrected chi connectivity index (χ0v) is 11.2. The van der Waals surface area contributed by atoms with Gasteiger partial charge in [-0.25, -0.2) is 4.79 Å². The van der Waals surface area contributed by atoms with E-state index in [9.17, 15) is 19.5 Å². The van der Waals surface area contributed by atoms with E-state index < -0.39 is 36.4 Å². The molecule has 0 spiro atoms. The van der Waals surface area contributed by atoms with Crippen molar-refractivity contribution in [3.63, 3.8) is 0 Å². The van der Waals surface area contributed by atoms with Crippen molar-refractivity contribution in [3.05, 3.63) is 35.4 Å². The van der Waals surface area contributed by atoms with Gasteiger partial charge in [0.2, 0.25) is 5.91 Å². The number of amides is 1. The number of nitrogens with zero attached hydrogens (tertiary/aromatic N) is 1. The summed E-state index contributed by atoms with van der Waals surface area (Å²) in [5.41, 5.74) is 7.29. The molecule has 1 heterocycles. The number of fused-ring (bicyclic) bond motifs is 1. The number of hydrogen-bond acceptors (Lipinski definition) is 4.